The number of unbranched alkanes of at least 4 members (excludes halogenated alkanes) is 2. The number of fused-ring (bicyclic) bond motifs is 2. The molecular weight excluding hydrogens is 931 g/mol. The fourth-order valence-electron chi connectivity index (χ4n) is 10.1. The summed E-state index contributed by atoms with van der Waals surface area (Å²) in [6, 6.07) is 12.9. The van der Waals surface area contributed by atoms with Crippen molar-refractivity contribution in [2.24, 2.45) is 5.41 Å². The molecule has 0 aliphatic carbocycles. The number of hydrogen-bond acceptors (Lipinski definition) is 13. The van der Waals surface area contributed by atoms with E-state index in [1.54, 1.807) is 50.0 Å². The molecule has 1 unspecified atom stereocenters. The van der Waals surface area contributed by atoms with E-state index in [2.05, 4.69) is 87.5 Å². The van der Waals surface area contributed by atoms with Crippen LogP contribution in [0.25, 0.3) is 11.0 Å². The molecule has 1 atom stereocenters. The lowest BCUT2D eigenvalue weighted by Crippen LogP contribution is -2.52. The Morgan fingerprint density at radius 1 is 0.955 bits per heavy atom. The zero-order valence-corrected chi connectivity index (χ0v) is 40.9. The summed E-state index contributed by atoms with van der Waals surface area (Å²) in [5.74, 6) is 7.38. The molecule has 67 heavy (non-hydrogen) atoms. The van der Waals surface area contributed by atoms with Crippen LogP contribution >= 0.6 is 23.1 Å². The Morgan fingerprint density at radius 3 is 2.49 bits per heavy atom. The molecule has 15 nitrogen and oxygen atoms in total. The molecule has 0 bridgehead atoms. The third kappa shape index (κ3) is 9.91. The van der Waals surface area contributed by atoms with Crippen molar-refractivity contribution in [1.29, 1.82) is 0 Å². The van der Waals surface area contributed by atoms with Gasteiger partial charge in [-0.2, -0.15) is 4.98 Å². The van der Waals surface area contributed by atoms with Crippen LogP contribution < -0.4 is 30.9 Å². The number of hydrogen-bond donors (Lipinski definition) is 3. The fraction of sp³-hybridized carbons (Fsp3) is 0.420. The highest BCUT2D eigenvalue weighted by atomic mass is 79.9. The van der Waals surface area contributed by atoms with Gasteiger partial charge in [0.05, 0.1) is 33.8 Å². The first kappa shape index (κ1) is 46.2. The zero-order chi connectivity index (χ0) is 46.9. The van der Waals surface area contributed by atoms with Gasteiger partial charge in [0.15, 0.2) is 0 Å². The predicted octanol–water partition coefficient (Wildman–Crippen LogP) is 7.90. The summed E-state index contributed by atoms with van der Waals surface area (Å²) in [5.41, 5.74) is 7.66. The van der Waals surface area contributed by atoms with Crippen LogP contribution in [0.15, 0.2) is 65.5 Å². The Labute approximate surface area is 399 Å². The molecule has 3 fully saturated rings. The number of halogens is 1. The normalized spacial score (nSPS) is 18.4. The molecule has 17 heteroatoms. The van der Waals surface area contributed by atoms with Crippen molar-refractivity contribution in [1.82, 2.24) is 35.1 Å². The van der Waals surface area contributed by atoms with Crippen molar-refractivity contribution >= 4 is 86.0 Å². The van der Waals surface area contributed by atoms with Crippen molar-refractivity contribution < 1.29 is 23.7 Å². The average Bonchev–Trinajstić information content (AvgIpc) is 3.65. The number of methoxy groups -OCH3 is 1. The van der Waals surface area contributed by atoms with E-state index in [1.807, 2.05) is 24.3 Å². The third-order valence-electron chi connectivity index (χ3n) is 13.8. The summed E-state index contributed by atoms with van der Waals surface area (Å²) < 4.78 is 20.1. The minimum absolute atomic E-state index is 0.173. The largest absolute Gasteiger partial charge is 0.494 e. The van der Waals surface area contributed by atoms with Gasteiger partial charge in [-0.25, -0.2) is 4.98 Å². The Hall–Kier alpha value is -5.88. The second-order valence-corrected chi connectivity index (χ2v) is 22.5. The van der Waals surface area contributed by atoms with Crippen molar-refractivity contribution in [2.75, 3.05) is 68.7 Å². The van der Waals surface area contributed by atoms with Crippen molar-refractivity contribution in [3.05, 3.63) is 87.8 Å². The Morgan fingerprint density at radius 2 is 1.73 bits per heavy atom. The van der Waals surface area contributed by atoms with E-state index in [-0.39, 0.29) is 18.2 Å². The van der Waals surface area contributed by atoms with Gasteiger partial charge in [-0.3, -0.25) is 29.7 Å². The molecule has 2 aromatic heterocycles. The molecule has 3 saturated heterocycles. The Bertz CT molecular complexity index is 2860. The van der Waals surface area contributed by atoms with E-state index in [0.717, 1.165) is 87.2 Å². The molecule has 9 rings (SSSR count). The van der Waals surface area contributed by atoms with Crippen LogP contribution in [0, 0.1) is 24.2 Å². The molecule has 348 valence electrons. The van der Waals surface area contributed by atoms with Crippen LogP contribution in [-0.2, 0) is 20.7 Å². The topological polar surface area (TPSA) is 175 Å². The number of imide groups is 1. The number of carbonyl (C=O) groups excluding carboxylic acids is 3. The van der Waals surface area contributed by atoms with Crippen molar-refractivity contribution in [2.45, 2.75) is 77.3 Å². The number of ether oxygens (including phenoxy) is 1. The van der Waals surface area contributed by atoms with E-state index >= 15 is 0 Å². The quantitative estimate of drug-likeness (QED) is 0.0477. The summed E-state index contributed by atoms with van der Waals surface area (Å²) in [5, 5.41) is 9.74. The highest BCUT2D eigenvalue weighted by molar-refractivity contribution is 9.10. The summed E-state index contributed by atoms with van der Waals surface area (Å²) in [6.07, 6.45) is 13.2. The molecule has 6 heterocycles. The molecule has 5 aromatic rings. The molecule has 3 amide bonds. The van der Waals surface area contributed by atoms with Crippen LogP contribution in [0.1, 0.15) is 84.8 Å². The number of anilines is 5. The summed E-state index contributed by atoms with van der Waals surface area (Å²) in [7, 11) is -1.09. The minimum Gasteiger partial charge on any atom is -0.494 e. The summed E-state index contributed by atoms with van der Waals surface area (Å²) >= 11 is 3.59. The van der Waals surface area contributed by atoms with Crippen molar-refractivity contribution in [3.8, 4) is 17.6 Å². The van der Waals surface area contributed by atoms with Crippen LogP contribution in [0.5, 0.6) is 5.75 Å². The SMILES string of the molecule is COc1cc(N2CCC3(CCN(CCCCC#Cc4cccc5c4CN(C4CCC(=O)NC4=O)C5=O)CC3)CC2)c(C)cc1Nc1ncc(Br)c(Nc2ccc3nccnc3c2P(C)(C)=O)n1. The van der Waals surface area contributed by atoms with Gasteiger partial charge < -0.3 is 34.6 Å². The van der Waals surface area contributed by atoms with Gasteiger partial charge in [-0.1, -0.05) is 17.9 Å². The summed E-state index contributed by atoms with van der Waals surface area (Å²) in [4.78, 5) is 62.3. The van der Waals surface area contributed by atoms with E-state index in [9.17, 15) is 18.9 Å². The average molecular weight is 988 g/mol. The highest BCUT2D eigenvalue weighted by Gasteiger charge is 2.40. The van der Waals surface area contributed by atoms with Gasteiger partial charge in [0.1, 0.15) is 30.3 Å². The van der Waals surface area contributed by atoms with Crippen LogP contribution in [0.2, 0.25) is 0 Å². The zero-order valence-electron chi connectivity index (χ0n) is 38.5. The first-order chi connectivity index (χ1) is 32.3. The molecular formula is C50H56BrN10O5P. The number of nitrogens with zero attached hydrogens (tertiary/aromatic N) is 7. The summed E-state index contributed by atoms with van der Waals surface area (Å²) in [6.45, 7) is 11.2. The van der Waals surface area contributed by atoms with Gasteiger partial charge >= 0.3 is 0 Å². The number of aryl methyl sites for hydroxylation is 1. The second kappa shape index (κ2) is 19.4. The predicted molar refractivity (Wildman–Crippen MR) is 265 cm³/mol. The lowest BCUT2D eigenvalue weighted by atomic mass is 9.71. The minimum atomic E-state index is -2.77. The maximum Gasteiger partial charge on any atom is 0.255 e. The molecule has 3 aromatic carbocycles. The number of amides is 3. The number of rotatable bonds is 12. The van der Waals surface area contributed by atoms with E-state index in [0.29, 0.717) is 68.0 Å². The van der Waals surface area contributed by atoms with Gasteiger partial charge in [-0.05, 0) is 148 Å². The molecule has 3 N–H and O–H groups in total. The number of benzene rings is 3. The lowest BCUT2D eigenvalue weighted by molar-refractivity contribution is -0.136. The number of nitrogens with one attached hydrogen (secondary N) is 3. The first-order valence-electron chi connectivity index (χ1n) is 23.1. The molecule has 0 saturated carbocycles. The van der Waals surface area contributed by atoms with Crippen LogP contribution in [0.3, 0.4) is 0 Å². The van der Waals surface area contributed by atoms with Crippen LogP contribution in [-0.4, -0.2) is 107 Å². The first-order valence-corrected chi connectivity index (χ1v) is 26.5. The second-order valence-electron chi connectivity index (χ2n) is 18.5. The standard InChI is InChI=1S/C50H56BrN10O5P/c1-32-28-39(56-49-54-30-36(51)46(58-49)55-38-14-13-37-44(53-22-21-52-37)45(38)67(3,4)65)42(66-2)29-41(32)60-26-19-50(20-27-60)17-24-59(25-18-50)23-8-6-5-7-10-33-11-9-12-34-35(33)31-61(48(34)64)40-15-16-43(62)57-47(40)63/h9,11-14,21-22,28-30,40H,5-6,8,15-20,23-27,31H2,1-4H3,(H,57,62,63)(H2,54,55,56,58). The Balaban J connectivity index is 0.753. The van der Waals surface area contributed by atoms with Crippen molar-refractivity contribution in [3.63, 3.8) is 0 Å². The van der Waals surface area contributed by atoms with E-state index in [1.165, 1.54) is 18.5 Å². The fourth-order valence-corrected chi connectivity index (χ4v) is 11.8. The van der Waals surface area contributed by atoms with Crippen LogP contribution in [0.4, 0.5) is 28.8 Å². The molecule has 4 aliphatic heterocycles. The maximum atomic E-state index is 13.5. The molecule has 4 aliphatic rings. The van der Waals surface area contributed by atoms with E-state index < -0.39 is 19.1 Å². The Kier molecular flexibility index (Phi) is 13.4. The number of carbonyl (C=O) groups is 3. The molecule has 0 radical (unpaired) electrons. The van der Waals surface area contributed by atoms with E-state index in [4.69, 9.17) is 9.72 Å². The smallest absolute Gasteiger partial charge is 0.255 e. The maximum absolute atomic E-state index is 13.5. The number of likely N-dealkylation sites (tertiary alicyclic amines) is 1. The van der Waals surface area contributed by atoms with Gasteiger partial charge in [0.2, 0.25) is 17.8 Å². The lowest BCUT2D eigenvalue weighted by Gasteiger charge is -2.47. The highest BCUT2D eigenvalue weighted by Crippen LogP contribution is 2.45. The number of piperidine rings is 3. The van der Waals surface area contributed by atoms with Gasteiger partial charge in [0.25, 0.3) is 5.91 Å². The van der Waals surface area contributed by atoms with Gasteiger partial charge in [0, 0.05) is 73.9 Å². The third-order valence-corrected chi connectivity index (χ3v) is 15.9. The molecule has 1 spiro atoms. The van der Waals surface area contributed by atoms with Gasteiger partial charge in [-0.15, -0.1) is 0 Å². The number of aromatic nitrogens is 4. The monoisotopic (exact) mass is 986 g/mol.